The van der Waals surface area contributed by atoms with Gasteiger partial charge in [0, 0.05) is 25.9 Å². The average molecular weight is 292 g/mol. The highest BCUT2D eigenvalue weighted by molar-refractivity contribution is 7.91. The van der Waals surface area contributed by atoms with Crippen molar-refractivity contribution < 1.29 is 13.2 Å². The monoisotopic (exact) mass is 292 g/mol. The Balaban J connectivity index is 2.23. The van der Waals surface area contributed by atoms with Gasteiger partial charge in [0.05, 0.1) is 6.61 Å². The molecule has 0 bridgehead atoms. The van der Waals surface area contributed by atoms with Gasteiger partial charge in [0.15, 0.2) is 4.21 Å². The highest BCUT2D eigenvalue weighted by atomic mass is 32.2. The first-order chi connectivity index (χ1) is 8.45. The topological polar surface area (TPSA) is 79.5 Å². The van der Waals surface area contributed by atoms with E-state index in [-0.39, 0.29) is 15.0 Å². The molecule has 0 spiro atoms. The molecule has 6 nitrogen and oxygen atoms in total. The van der Waals surface area contributed by atoms with Crippen LogP contribution in [0.4, 0.5) is 0 Å². The molecule has 1 unspecified atom stereocenters. The molecule has 1 aromatic rings. The molecule has 1 aliphatic heterocycles. The van der Waals surface area contributed by atoms with E-state index in [1.807, 2.05) is 0 Å². The second-order valence-electron chi connectivity index (χ2n) is 4.40. The molecular formula is C10H16N2O4S2. The third kappa shape index (κ3) is 2.51. The summed E-state index contributed by atoms with van der Waals surface area (Å²) < 4.78 is 31.3. The highest BCUT2D eigenvalue weighted by Crippen LogP contribution is 2.27. The predicted molar refractivity (Wildman–Crippen MR) is 68.4 cm³/mol. The van der Waals surface area contributed by atoms with Crippen LogP contribution in [0.1, 0.15) is 12.1 Å². The van der Waals surface area contributed by atoms with Gasteiger partial charge in [-0.3, -0.25) is 4.79 Å². The first kappa shape index (κ1) is 13.7. The van der Waals surface area contributed by atoms with Crippen molar-refractivity contribution in [3.63, 3.8) is 0 Å². The zero-order chi connectivity index (χ0) is 13.3. The van der Waals surface area contributed by atoms with Gasteiger partial charge in [-0.1, -0.05) is 11.3 Å². The minimum absolute atomic E-state index is 0.130. The first-order valence-corrected chi connectivity index (χ1v) is 7.89. The number of nitrogens with zero attached hydrogens (tertiary/aromatic N) is 1. The summed E-state index contributed by atoms with van der Waals surface area (Å²) in [6.07, 6.45) is 0.797. The van der Waals surface area contributed by atoms with E-state index in [0.717, 1.165) is 17.8 Å². The normalized spacial score (nSPS) is 21.6. The van der Waals surface area contributed by atoms with Crippen LogP contribution in [0, 0.1) is 12.8 Å². The summed E-state index contributed by atoms with van der Waals surface area (Å²) in [6, 6.07) is 0. The van der Waals surface area contributed by atoms with Crippen molar-refractivity contribution in [2.24, 2.45) is 5.92 Å². The molecule has 0 amide bonds. The molecule has 1 N–H and O–H groups in total. The SMILES string of the molecule is COCC1CCN(S(=O)(=O)c2sc(=O)[nH]c2C)C1. The van der Waals surface area contributed by atoms with Crippen LogP contribution < -0.4 is 4.87 Å². The standard InChI is InChI=1S/C10H16N2O4S2/c1-7-9(17-10(13)11-7)18(14,15)12-4-3-8(5-12)6-16-2/h8H,3-6H2,1-2H3,(H,11,13). The first-order valence-electron chi connectivity index (χ1n) is 5.64. The Bertz CT molecular complexity index is 575. The molecule has 1 aromatic heterocycles. The van der Waals surface area contributed by atoms with E-state index in [0.29, 0.717) is 25.4 Å². The molecule has 18 heavy (non-hydrogen) atoms. The molecule has 102 valence electrons. The van der Waals surface area contributed by atoms with Gasteiger partial charge in [-0.15, -0.1) is 0 Å². The van der Waals surface area contributed by atoms with E-state index in [4.69, 9.17) is 4.74 Å². The van der Waals surface area contributed by atoms with Crippen molar-refractivity contribution in [2.45, 2.75) is 17.6 Å². The summed E-state index contributed by atoms with van der Waals surface area (Å²) in [5.41, 5.74) is 0.417. The lowest BCUT2D eigenvalue weighted by atomic mass is 10.1. The fraction of sp³-hybridized carbons (Fsp3) is 0.700. The summed E-state index contributed by atoms with van der Waals surface area (Å²) in [4.78, 5) is 13.4. The van der Waals surface area contributed by atoms with Crippen LogP contribution in [0.15, 0.2) is 9.00 Å². The average Bonchev–Trinajstić information content (AvgIpc) is 2.86. The molecule has 0 aromatic carbocycles. The number of hydrogen-bond donors (Lipinski definition) is 1. The molecule has 2 heterocycles. The maximum Gasteiger partial charge on any atom is 0.305 e. The smallest absolute Gasteiger partial charge is 0.305 e. The van der Waals surface area contributed by atoms with Gasteiger partial charge in [0.2, 0.25) is 0 Å². The maximum atomic E-state index is 12.4. The lowest BCUT2D eigenvalue weighted by Gasteiger charge is -2.15. The van der Waals surface area contributed by atoms with Crippen LogP contribution >= 0.6 is 11.3 Å². The van der Waals surface area contributed by atoms with Gasteiger partial charge in [-0.2, -0.15) is 4.31 Å². The quantitative estimate of drug-likeness (QED) is 0.871. The zero-order valence-electron chi connectivity index (χ0n) is 10.3. The van der Waals surface area contributed by atoms with E-state index in [9.17, 15) is 13.2 Å². The van der Waals surface area contributed by atoms with Gasteiger partial charge < -0.3 is 9.72 Å². The summed E-state index contributed by atoms with van der Waals surface area (Å²) >= 11 is 0.751. The fourth-order valence-electron chi connectivity index (χ4n) is 2.14. The molecule has 1 fully saturated rings. The Morgan fingerprint density at radius 3 is 2.83 bits per heavy atom. The number of methoxy groups -OCH3 is 1. The van der Waals surface area contributed by atoms with Crippen LogP contribution in [0.25, 0.3) is 0 Å². The molecule has 2 rings (SSSR count). The Kier molecular flexibility index (Phi) is 3.90. The summed E-state index contributed by atoms with van der Waals surface area (Å²) in [5, 5.41) is 0. The largest absolute Gasteiger partial charge is 0.384 e. The van der Waals surface area contributed by atoms with Crippen molar-refractivity contribution in [3.8, 4) is 0 Å². The summed E-state index contributed by atoms with van der Waals surface area (Å²) in [5.74, 6) is 0.237. The Hall–Kier alpha value is -0.700. The number of hydrogen-bond acceptors (Lipinski definition) is 5. The maximum absolute atomic E-state index is 12.4. The van der Waals surface area contributed by atoms with Crippen molar-refractivity contribution in [2.75, 3.05) is 26.8 Å². The number of aromatic amines is 1. The van der Waals surface area contributed by atoms with Gasteiger partial charge in [0.25, 0.3) is 10.0 Å². The number of nitrogens with one attached hydrogen (secondary N) is 1. The molecule has 1 aliphatic rings. The Morgan fingerprint density at radius 2 is 2.28 bits per heavy atom. The molecular weight excluding hydrogens is 276 g/mol. The van der Waals surface area contributed by atoms with Gasteiger partial charge in [-0.25, -0.2) is 8.42 Å². The number of aryl methyl sites for hydroxylation is 1. The molecule has 8 heteroatoms. The van der Waals surface area contributed by atoms with Gasteiger partial charge in [-0.05, 0) is 19.3 Å². The Morgan fingerprint density at radius 1 is 1.56 bits per heavy atom. The third-order valence-corrected chi connectivity index (χ3v) is 6.45. The molecule has 0 saturated carbocycles. The van der Waals surface area contributed by atoms with Gasteiger partial charge in [0.1, 0.15) is 0 Å². The minimum atomic E-state index is -3.53. The predicted octanol–water partition coefficient (Wildman–Crippen LogP) is 0.402. The van der Waals surface area contributed by atoms with Crippen LogP contribution in [0.3, 0.4) is 0 Å². The van der Waals surface area contributed by atoms with Crippen LogP contribution in [-0.4, -0.2) is 44.5 Å². The van der Waals surface area contributed by atoms with Crippen molar-refractivity contribution in [1.82, 2.24) is 9.29 Å². The number of H-pyrrole nitrogens is 1. The molecule has 0 aliphatic carbocycles. The summed E-state index contributed by atoms with van der Waals surface area (Å²) in [7, 11) is -1.92. The zero-order valence-corrected chi connectivity index (χ0v) is 11.9. The number of sulfonamides is 1. The van der Waals surface area contributed by atoms with E-state index in [1.54, 1.807) is 14.0 Å². The molecule has 1 atom stereocenters. The number of ether oxygens (including phenoxy) is 1. The number of thiazole rings is 1. The van der Waals surface area contributed by atoms with Gasteiger partial charge >= 0.3 is 4.87 Å². The second-order valence-corrected chi connectivity index (χ2v) is 7.52. The molecule has 0 radical (unpaired) electrons. The van der Waals surface area contributed by atoms with Crippen LogP contribution in [0.5, 0.6) is 0 Å². The Labute approximate surface area is 110 Å². The molecule has 1 saturated heterocycles. The van der Waals surface area contributed by atoms with E-state index < -0.39 is 10.0 Å². The number of rotatable bonds is 4. The third-order valence-electron chi connectivity index (χ3n) is 3.01. The van der Waals surface area contributed by atoms with E-state index in [1.165, 1.54) is 4.31 Å². The fourth-order valence-corrected chi connectivity index (χ4v) is 5.11. The van der Waals surface area contributed by atoms with Crippen molar-refractivity contribution >= 4 is 21.4 Å². The van der Waals surface area contributed by atoms with Crippen molar-refractivity contribution in [1.29, 1.82) is 0 Å². The lowest BCUT2D eigenvalue weighted by molar-refractivity contribution is 0.157. The van der Waals surface area contributed by atoms with E-state index >= 15 is 0 Å². The number of aromatic nitrogens is 1. The van der Waals surface area contributed by atoms with E-state index in [2.05, 4.69) is 4.98 Å². The second kappa shape index (κ2) is 5.12. The van der Waals surface area contributed by atoms with Crippen molar-refractivity contribution in [3.05, 3.63) is 15.4 Å². The lowest BCUT2D eigenvalue weighted by Crippen LogP contribution is -2.29. The summed E-state index contributed by atoms with van der Waals surface area (Å²) in [6.45, 7) is 3.12. The highest BCUT2D eigenvalue weighted by Gasteiger charge is 2.34. The minimum Gasteiger partial charge on any atom is -0.384 e. The van der Waals surface area contributed by atoms with Crippen LogP contribution in [-0.2, 0) is 14.8 Å². The van der Waals surface area contributed by atoms with Crippen LogP contribution in [0.2, 0.25) is 0 Å².